The number of hydrogen-bond donors (Lipinski definition) is 3. The Morgan fingerprint density at radius 1 is 0.970 bits per heavy atom. The number of benzene rings is 2. The summed E-state index contributed by atoms with van der Waals surface area (Å²) < 4.78 is 5.41. The highest BCUT2D eigenvalue weighted by Gasteiger charge is 2.14. The zero-order valence-corrected chi connectivity index (χ0v) is 18.4. The first-order valence-electron chi connectivity index (χ1n) is 10.8. The van der Waals surface area contributed by atoms with Crippen LogP contribution >= 0.6 is 0 Å². The van der Waals surface area contributed by atoms with E-state index < -0.39 is 0 Å². The number of rotatable bonds is 7. The van der Waals surface area contributed by atoms with Crippen LogP contribution in [0.25, 0.3) is 0 Å². The molecule has 3 aromatic rings. The van der Waals surface area contributed by atoms with Gasteiger partial charge < -0.3 is 25.6 Å². The summed E-state index contributed by atoms with van der Waals surface area (Å²) in [5, 5.41) is 8.67. The topological polar surface area (TPSA) is 108 Å². The molecule has 0 bridgehead atoms. The summed E-state index contributed by atoms with van der Waals surface area (Å²) in [5.41, 5.74) is 1.97. The van der Waals surface area contributed by atoms with E-state index in [2.05, 4.69) is 30.8 Å². The van der Waals surface area contributed by atoms with Crippen LogP contribution in [0.15, 0.2) is 60.7 Å². The summed E-state index contributed by atoms with van der Waals surface area (Å²) in [6.07, 6.45) is 0. The van der Waals surface area contributed by atoms with Crippen LogP contribution < -0.4 is 20.9 Å². The summed E-state index contributed by atoms with van der Waals surface area (Å²) in [6, 6.07) is 18.0. The van der Waals surface area contributed by atoms with Crippen molar-refractivity contribution in [3.63, 3.8) is 0 Å². The second-order valence-electron chi connectivity index (χ2n) is 7.56. The number of morpholine rings is 1. The van der Waals surface area contributed by atoms with Crippen LogP contribution in [-0.4, -0.2) is 54.6 Å². The smallest absolute Gasteiger partial charge is 0.251 e. The maximum Gasteiger partial charge on any atom is 0.251 e. The normalized spacial score (nSPS) is 13.3. The standard InChI is InChI=1S/C24H26N6O3/c1-17-26-21(15-22(27-17)30-11-13-33-14-12-30)28-19-7-9-20(10-8-19)29-23(31)16-25-24(32)18-5-3-2-4-6-18/h2-10,15H,11-14,16H2,1H3,(H,25,32)(H,29,31)(H,26,27,28). The number of nitrogens with one attached hydrogen (secondary N) is 3. The number of nitrogens with zero attached hydrogens (tertiary/aromatic N) is 3. The second kappa shape index (κ2) is 10.6. The highest BCUT2D eigenvalue weighted by atomic mass is 16.5. The minimum Gasteiger partial charge on any atom is -0.378 e. The summed E-state index contributed by atoms with van der Waals surface area (Å²) in [5.74, 6) is 1.66. The molecule has 33 heavy (non-hydrogen) atoms. The van der Waals surface area contributed by atoms with E-state index >= 15 is 0 Å². The van der Waals surface area contributed by atoms with Crippen molar-refractivity contribution in [1.82, 2.24) is 15.3 Å². The van der Waals surface area contributed by atoms with Gasteiger partial charge in [-0.1, -0.05) is 18.2 Å². The molecule has 0 radical (unpaired) electrons. The molecule has 1 aliphatic heterocycles. The monoisotopic (exact) mass is 446 g/mol. The molecule has 170 valence electrons. The van der Waals surface area contributed by atoms with Gasteiger partial charge in [0.05, 0.1) is 19.8 Å². The number of carbonyl (C=O) groups is 2. The quantitative estimate of drug-likeness (QED) is 0.512. The van der Waals surface area contributed by atoms with Crippen LogP contribution in [0.1, 0.15) is 16.2 Å². The molecule has 1 aromatic heterocycles. The van der Waals surface area contributed by atoms with E-state index in [1.54, 1.807) is 36.4 Å². The molecule has 0 spiro atoms. The van der Waals surface area contributed by atoms with Crippen molar-refractivity contribution in [1.29, 1.82) is 0 Å². The van der Waals surface area contributed by atoms with Crippen LogP contribution in [0.2, 0.25) is 0 Å². The van der Waals surface area contributed by atoms with E-state index in [1.807, 2.05) is 31.2 Å². The van der Waals surface area contributed by atoms with E-state index in [0.717, 1.165) is 24.6 Å². The first-order valence-corrected chi connectivity index (χ1v) is 10.8. The zero-order valence-electron chi connectivity index (χ0n) is 18.4. The summed E-state index contributed by atoms with van der Waals surface area (Å²) >= 11 is 0. The minimum absolute atomic E-state index is 0.113. The molecule has 2 heterocycles. The lowest BCUT2D eigenvalue weighted by Crippen LogP contribution is -2.36. The molecular weight excluding hydrogens is 420 g/mol. The van der Waals surface area contributed by atoms with Gasteiger partial charge in [0.1, 0.15) is 17.5 Å². The molecule has 2 aromatic carbocycles. The Morgan fingerprint density at radius 3 is 2.39 bits per heavy atom. The van der Waals surface area contributed by atoms with Gasteiger partial charge in [0, 0.05) is 36.1 Å². The van der Waals surface area contributed by atoms with Gasteiger partial charge in [-0.3, -0.25) is 9.59 Å². The molecule has 1 fully saturated rings. The predicted molar refractivity (Wildman–Crippen MR) is 127 cm³/mol. The van der Waals surface area contributed by atoms with Gasteiger partial charge >= 0.3 is 0 Å². The molecule has 1 saturated heterocycles. The number of carbonyl (C=O) groups excluding carboxylic acids is 2. The fraction of sp³-hybridized carbons (Fsp3) is 0.250. The van der Waals surface area contributed by atoms with Crippen molar-refractivity contribution in [2.45, 2.75) is 6.92 Å². The number of amides is 2. The van der Waals surface area contributed by atoms with Gasteiger partial charge in [-0.15, -0.1) is 0 Å². The molecule has 0 unspecified atom stereocenters. The summed E-state index contributed by atoms with van der Waals surface area (Å²) in [6.45, 7) is 4.73. The number of hydrogen-bond acceptors (Lipinski definition) is 7. The Kier molecular flexibility index (Phi) is 7.11. The first kappa shape index (κ1) is 22.2. The van der Waals surface area contributed by atoms with E-state index in [0.29, 0.717) is 36.1 Å². The molecule has 9 heteroatoms. The fourth-order valence-corrected chi connectivity index (χ4v) is 3.41. The van der Waals surface area contributed by atoms with Gasteiger partial charge in [-0.05, 0) is 43.3 Å². The van der Waals surface area contributed by atoms with Crippen molar-refractivity contribution < 1.29 is 14.3 Å². The molecule has 4 rings (SSSR count). The van der Waals surface area contributed by atoms with Crippen LogP contribution in [0.4, 0.5) is 23.0 Å². The van der Waals surface area contributed by atoms with Crippen molar-refractivity contribution in [3.05, 3.63) is 72.1 Å². The van der Waals surface area contributed by atoms with Gasteiger partial charge in [-0.2, -0.15) is 0 Å². The highest BCUT2D eigenvalue weighted by Crippen LogP contribution is 2.22. The van der Waals surface area contributed by atoms with E-state index in [1.165, 1.54) is 0 Å². The van der Waals surface area contributed by atoms with Crippen LogP contribution in [0.5, 0.6) is 0 Å². The second-order valence-corrected chi connectivity index (χ2v) is 7.56. The predicted octanol–water partition coefficient (Wildman–Crippen LogP) is 2.73. The maximum atomic E-state index is 12.2. The number of aromatic nitrogens is 2. The largest absolute Gasteiger partial charge is 0.378 e. The molecule has 2 amide bonds. The Labute approximate surface area is 192 Å². The molecule has 0 saturated carbocycles. The lowest BCUT2D eigenvalue weighted by atomic mass is 10.2. The number of anilines is 4. The Morgan fingerprint density at radius 2 is 1.67 bits per heavy atom. The van der Waals surface area contributed by atoms with Crippen molar-refractivity contribution in [2.24, 2.45) is 0 Å². The Hall–Kier alpha value is -3.98. The lowest BCUT2D eigenvalue weighted by molar-refractivity contribution is -0.115. The van der Waals surface area contributed by atoms with E-state index in [4.69, 9.17) is 4.74 Å². The maximum absolute atomic E-state index is 12.2. The van der Waals surface area contributed by atoms with Crippen molar-refractivity contribution in [3.8, 4) is 0 Å². The third-order valence-corrected chi connectivity index (χ3v) is 5.05. The molecular formula is C24H26N6O3. The zero-order chi connectivity index (χ0) is 23.0. The van der Waals surface area contributed by atoms with Crippen LogP contribution in [0, 0.1) is 6.92 Å². The number of aryl methyl sites for hydroxylation is 1. The SMILES string of the molecule is Cc1nc(Nc2ccc(NC(=O)CNC(=O)c3ccccc3)cc2)cc(N2CCOCC2)n1. The van der Waals surface area contributed by atoms with Crippen LogP contribution in [-0.2, 0) is 9.53 Å². The fourth-order valence-electron chi connectivity index (χ4n) is 3.41. The lowest BCUT2D eigenvalue weighted by Gasteiger charge is -2.28. The average Bonchev–Trinajstić information content (AvgIpc) is 2.84. The Balaban J connectivity index is 1.31. The van der Waals surface area contributed by atoms with Crippen molar-refractivity contribution >= 4 is 34.8 Å². The van der Waals surface area contributed by atoms with Crippen molar-refractivity contribution in [2.75, 3.05) is 48.4 Å². The van der Waals surface area contributed by atoms with E-state index in [-0.39, 0.29) is 18.4 Å². The summed E-state index contributed by atoms with van der Waals surface area (Å²) in [4.78, 5) is 35.4. The summed E-state index contributed by atoms with van der Waals surface area (Å²) in [7, 11) is 0. The number of ether oxygens (including phenoxy) is 1. The first-order chi connectivity index (χ1) is 16.1. The third kappa shape index (κ3) is 6.27. The van der Waals surface area contributed by atoms with Gasteiger partial charge in [-0.25, -0.2) is 9.97 Å². The Bertz CT molecular complexity index is 1100. The van der Waals surface area contributed by atoms with Gasteiger partial charge in [0.2, 0.25) is 5.91 Å². The minimum atomic E-state index is -0.304. The van der Waals surface area contributed by atoms with Gasteiger partial charge in [0.25, 0.3) is 5.91 Å². The molecule has 3 N–H and O–H groups in total. The molecule has 1 aliphatic rings. The average molecular weight is 447 g/mol. The molecule has 9 nitrogen and oxygen atoms in total. The molecule has 0 aliphatic carbocycles. The highest BCUT2D eigenvalue weighted by molar-refractivity contribution is 5.99. The van der Waals surface area contributed by atoms with Gasteiger partial charge in [0.15, 0.2) is 0 Å². The van der Waals surface area contributed by atoms with E-state index in [9.17, 15) is 9.59 Å². The molecule has 0 atom stereocenters. The third-order valence-electron chi connectivity index (χ3n) is 5.05. The van der Waals surface area contributed by atoms with Crippen LogP contribution in [0.3, 0.4) is 0 Å².